The van der Waals surface area contributed by atoms with Crippen LogP contribution in [0.1, 0.15) is 28.8 Å². The zero-order valence-electron chi connectivity index (χ0n) is 14.8. The molecule has 5 nitrogen and oxygen atoms in total. The molecule has 4 rings (SSSR count). The van der Waals surface area contributed by atoms with Crippen LogP contribution in [0, 0.1) is 11.8 Å². The Bertz CT molecular complexity index is 877. The molecule has 5 heteroatoms. The van der Waals surface area contributed by atoms with Gasteiger partial charge in [0, 0.05) is 11.3 Å². The lowest BCUT2D eigenvalue weighted by atomic mass is 9.85. The summed E-state index contributed by atoms with van der Waals surface area (Å²) in [5.41, 5.74) is 2.09. The van der Waals surface area contributed by atoms with Crippen LogP contribution in [-0.2, 0) is 16.1 Å². The van der Waals surface area contributed by atoms with Crippen LogP contribution in [0.15, 0.2) is 66.7 Å². The van der Waals surface area contributed by atoms with Crippen LogP contribution in [0.4, 0.5) is 5.69 Å². The lowest BCUT2D eigenvalue weighted by molar-refractivity contribution is -0.140. The fourth-order valence-corrected chi connectivity index (χ4v) is 3.69. The lowest BCUT2D eigenvalue weighted by Gasteiger charge is -2.15. The Morgan fingerprint density at radius 3 is 2.07 bits per heavy atom. The van der Waals surface area contributed by atoms with E-state index >= 15 is 0 Å². The molecule has 1 saturated heterocycles. The van der Waals surface area contributed by atoms with Crippen molar-refractivity contribution in [3.8, 4) is 0 Å². The summed E-state index contributed by atoms with van der Waals surface area (Å²) in [4.78, 5) is 38.8. The molecule has 1 aliphatic heterocycles. The summed E-state index contributed by atoms with van der Waals surface area (Å²) >= 11 is 0. The SMILES string of the molecule is O=C(Nc1ccccc1)c1ccc(CN2C(=O)[C@H]3CC=CC[C@@H]3C2=O)cc1. The number of amides is 3. The molecule has 2 aromatic rings. The van der Waals surface area contributed by atoms with Gasteiger partial charge < -0.3 is 5.32 Å². The highest BCUT2D eigenvalue weighted by atomic mass is 16.2. The first-order valence-corrected chi connectivity index (χ1v) is 9.09. The van der Waals surface area contributed by atoms with Gasteiger partial charge in [0.1, 0.15) is 0 Å². The molecule has 0 bridgehead atoms. The molecule has 1 heterocycles. The maximum absolute atomic E-state index is 12.5. The minimum atomic E-state index is -0.210. The van der Waals surface area contributed by atoms with E-state index in [1.54, 1.807) is 24.3 Å². The Kier molecular flexibility index (Phi) is 4.59. The molecule has 0 radical (unpaired) electrons. The van der Waals surface area contributed by atoms with Gasteiger partial charge in [-0.05, 0) is 42.7 Å². The number of rotatable bonds is 4. The molecule has 2 atom stereocenters. The predicted molar refractivity (Wildman–Crippen MR) is 102 cm³/mol. The Balaban J connectivity index is 1.43. The van der Waals surface area contributed by atoms with Crippen molar-refractivity contribution in [2.75, 3.05) is 5.32 Å². The van der Waals surface area contributed by atoms with Gasteiger partial charge in [-0.25, -0.2) is 0 Å². The Morgan fingerprint density at radius 1 is 0.889 bits per heavy atom. The number of benzene rings is 2. The zero-order chi connectivity index (χ0) is 18.8. The first-order chi connectivity index (χ1) is 13.1. The molecular weight excluding hydrogens is 340 g/mol. The molecule has 0 aromatic heterocycles. The molecule has 136 valence electrons. The molecule has 0 spiro atoms. The third-order valence-electron chi connectivity index (χ3n) is 5.19. The first kappa shape index (κ1) is 17.2. The van der Waals surface area contributed by atoms with Gasteiger partial charge in [0.05, 0.1) is 18.4 Å². The minimum absolute atomic E-state index is 0.0831. The van der Waals surface area contributed by atoms with Gasteiger partial charge in [-0.1, -0.05) is 42.5 Å². The molecule has 2 aromatic carbocycles. The van der Waals surface area contributed by atoms with Gasteiger partial charge in [-0.15, -0.1) is 0 Å². The van der Waals surface area contributed by atoms with Crippen LogP contribution in [0.3, 0.4) is 0 Å². The monoisotopic (exact) mass is 360 g/mol. The fourth-order valence-electron chi connectivity index (χ4n) is 3.69. The lowest BCUT2D eigenvalue weighted by Crippen LogP contribution is -2.30. The molecule has 1 aliphatic carbocycles. The molecule has 3 amide bonds. The van der Waals surface area contributed by atoms with Crippen LogP contribution in [-0.4, -0.2) is 22.6 Å². The summed E-state index contributed by atoms with van der Waals surface area (Å²) in [6.07, 6.45) is 5.25. The summed E-state index contributed by atoms with van der Waals surface area (Å²) in [6, 6.07) is 16.3. The summed E-state index contributed by atoms with van der Waals surface area (Å²) in [6.45, 7) is 0.255. The molecule has 27 heavy (non-hydrogen) atoms. The molecule has 1 fully saturated rings. The van der Waals surface area contributed by atoms with Gasteiger partial charge in [-0.3, -0.25) is 19.3 Å². The van der Waals surface area contributed by atoms with E-state index in [0.29, 0.717) is 18.4 Å². The number of carbonyl (C=O) groups excluding carboxylic acids is 3. The standard InChI is InChI=1S/C22H20N2O3/c25-20(23-17-6-2-1-3-7-17)16-12-10-15(11-13-16)14-24-21(26)18-8-4-5-9-19(18)22(24)27/h1-7,10-13,18-19H,8-9,14H2,(H,23,25)/t18-,19-/m0/s1. The molecule has 1 N–H and O–H groups in total. The summed E-state index contributed by atoms with van der Waals surface area (Å²) < 4.78 is 0. The van der Waals surface area contributed by atoms with Crippen molar-refractivity contribution in [2.24, 2.45) is 11.8 Å². The summed E-state index contributed by atoms with van der Waals surface area (Å²) in [7, 11) is 0. The maximum atomic E-state index is 12.5. The number of nitrogens with zero attached hydrogens (tertiary/aromatic N) is 1. The van der Waals surface area contributed by atoms with Crippen molar-refractivity contribution < 1.29 is 14.4 Å². The number of allylic oxidation sites excluding steroid dienone is 2. The van der Waals surface area contributed by atoms with E-state index in [2.05, 4.69) is 5.32 Å². The van der Waals surface area contributed by atoms with E-state index in [4.69, 9.17) is 0 Å². The van der Waals surface area contributed by atoms with Gasteiger partial charge in [-0.2, -0.15) is 0 Å². The van der Waals surface area contributed by atoms with Crippen molar-refractivity contribution in [1.29, 1.82) is 0 Å². The highest BCUT2D eigenvalue weighted by molar-refractivity contribution is 6.05. The maximum Gasteiger partial charge on any atom is 0.255 e. The second-order valence-corrected chi connectivity index (χ2v) is 6.94. The molecular formula is C22H20N2O3. The summed E-state index contributed by atoms with van der Waals surface area (Å²) in [5, 5.41) is 2.83. The van der Waals surface area contributed by atoms with Crippen LogP contribution < -0.4 is 5.32 Å². The Hall–Kier alpha value is -3.21. The number of fused-ring (bicyclic) bond motifs is 1. The van der Waals surface area contributed by atoms with Crippen molar-refractivity contribution >= 4 is 23.4 Å². The van der Waals surface area contributed by atoms with Gasteiger partial charge in [0.15, 0.2) is 0 Å². The van der Waals surface area contributed by atoms with Crippen LogP contribution >= 0.6 is 0 Å². The van der Waals surface area contributed by atoms with Gasteiger partial charge in [0.25, 0.3) is 5.91 Å². The predicted octanol–water partition coefficient (Wildman–Crippen LogP) is 3.39. The van der Waals surface area contributed by atoms with E-state index < -0.39 is 0 Å². The quantitative estimate of drug-likeness (QED) is 0.671. The van der Waals surface area contributed by atoms with E-state index in [0.717, 1.165) is 11.3 Å². The smallest absolute Gasteiger partial charge is 0.255 e. The molecule has 0 saturated carbocycles. The number of hydrogen-bond donors (Lipinski definition) is 1. The fraction of sp³-hybridized carbons (Fsp3) is 0.227. The second kappa shape index (κ2) is 7.19. The van der Waals surface area contributed by atoms with E-state index in [1.165, 1.54) is 4.90 Å². The van der Waals surface area contributed by atoms with Crippen LogP contribution in [0.5, 0.6) is 0 Å². The third-order valence-corrected chi connectivity index (χ3v) is 5.19. The number of anilines is 1. The molecule has 2 aliphatic rings. The normalized spacial score (nSPS) is 21.3. The number of nitrogens with one attached hydrogen (secondary N) is 1. The average Bonchev–Trinajstić information content (AvgIpc) is 2.94. The zero-order valence-corrected chi connectivity index (χ0v) is 14.8. The van der Waals surface area contributed by atoms with Crippen molar-refractivity contribution in [2.45, 2.75) is 19.4 Å². The van der Waals surface area contributed by atoms with E-state index in [-0.39, 0.29) is 36.1 Å². The number of likely N-dealkylation sites (tertiary alicyclic amines) is 1. The molecule has 0 unspecified atom stereocenters. The van der Waals surface area contributed by atoms with Crippen LogP contribution in [0.25, 0.3) is 0 Å². The van der Waals surface area contributed by atoms with Gasteiger partial charge in [0.2, 0.25) is 11.8 Å². The van der Waals surface area contributed by atoms with Gasteiger partial charge >= 0.3 is 0 Å². The third kappa shape index (κ3) is 3.40. The number of para-hydroxylation sites is 1. The number of carbonyl (C=O) groups is 3. The van der Waals surface area contributed by atoms with E-state index in [9.17, 15) is 14.4 Å². The summed E-state index contributed by atoms with van der Waals surface area (Å²) in [5.74, 6) is -0.782. The minimum Gasteiger partial charge on any atom is -0.322 e. The number of imide groups is 1. The Morgan fingerprint density at radius 2 is 1.48 bits per heavy atom. The van der Waals surface area contributed by atoms with Crippen LogP contribution in [0.2, 0.25) is 0 Å². The second-order valence-electron chi connectivity index (χ2n) is 6.94. The van der Waals surface area contributed by atoms with E-state index in [1.807, 2.05) is 42.5 Å². The highest BCUT2D eigenvalue weighted by Crippen LogP contribution is 2.35. The topological polar surface area (TPSA) is 66.5 Å². The first-order valence-electron chi connectivity index (χ1n) is 9.09. The van der Waals surface area contributed by atoms with Crippen molar-refractivity contribution in [1.82, 2.24) is 4.90 Å². The highest BCUT2D eigenvalue weighted by Gasteiger charge is 2.46. The largest absolute Gasteiger partial charge is 0.322 e. The number of hydrogen-bond acceptors (Lipinski definition) is 3. The van der Waals surface area contributed by atoms with Crippen molar-refractivity contribution in [3.05, 3.63) is 77.9 Å². The average molecular weight is 360 g/mol. The van der Waals surface area contributed by atoms with Crippen molar-refractivity contribution in [3.63, 3.8) is 0 Å². The Labute approximate surface area is 157 Å².